The van der Waals surface area contributed by atoms with Crippen molar-refractivity contribution in [3.8, 4) is 5.75 Å². The molecule has 118 valence electrons. The van der Waals surface area contributed by atoms with Crippen LogP contribution in [0.25, 0.3) is 0 Å². The van der Waals surface area contributed by atoms with E-state index >= 15 is 0 Å². The summed E-state index contributed by atoms with van der Waals surface area (Å²) in [4.78, 5) is 0. The Hall–Kier alpha value is -1.37. The van der Waals surface area contributed by atoms with E-state index in [1.54, 1.807) is 6.07 Å². The number of hydrogen-bond acceptors (Lipinski definition) is 2. The van der Waals surface area contributed by atoms with Crippen molar-refractivity contribution in [2.45, 2.75) is 44.9 Å². The second-order valence-electron chi connectivity index (χ2n) is 6.43. The number of rotatable bonds is 5. The summed E-state index contributed by atoms with van der Waals surface area (Å²) < 4.78 is 0. The van der Waals surface area contributed by atoms with E-state index < -0.39 is 5.60 Å². The fourth-order valence-electron chi connectivity index (χ4n) is 2.71. The Morgan fingerprint density at radius 1 is 0.909 bits per heavy atom. The van der Waals surface area contributed by atoms with Gasteiger partial charge in [0.2, 0.25) is 0 Å². The quantitative estimate of drug-likeness (QED) is 0.810. The van der Waals surface area contributed by atoms with Gasteiger partial charge in [-0.1, -0.05) is 64.9 Å². The van der Waals surface area contributed by atoms with Gasteiger partial charge in [-0.15, -0.1) is 0 Å². The van der Waals surface area contributed by atoms with E-state index in [1.165, 1.54) is 0 Å². The summed E-state index contributed by atoms with van der Waals surface area (Å²) in [6.07, 6.45) is 0.920. The number of phenolic OH excluding ortho intramolecular Hbond substituents is 1. The Kier molecular flexibility index (Phi) is 4.94. The normalized spacial score (nSPS) is 15.1. The largest absolute Gasteiger partial charge is 0.508 e. The lowest BCUT2D eigenvalue weighted by Gasteiger charge is -2.32. The second-order valence-corrected chi connectivity index (χ2v) is 8.32. The highest BCUT2D eigenvalue weighted by atomic mass is 31.1. The molecule has 2 aromatic rings. The highest BCUT2D eigenvalue weighted by Gasteiger charge is 2.30. The summed E-state index contributed by atoms with van der Waals surface area (Å²) in [7, 11) is 0.475. The summed E-state index contributed by atoms with van der Waals surface area (Å²) in [6.45, 7) is 7.97. The van der Waals surface area contributed by atoms with E-state index in [4.69, 9.17) is 0 Å². The summed E-state index contributed by atoms with van der Waals surface area (Å²) in [5, 5.41) is 21.7. The maximum absolute atomic E-state index is 10.4. The van der Waals surface area contributed by atoms with Gasteiger partial charge in [0.15, 0.2) is 0 Å². The minimum Gasteiger partial charge on any atom is -0.508 e. The molecule has 0 aliphatic heterocycles. The van der Waals surface area contributed by atoms with Crippen molar-refractivity contribution in [2.75, 3.05) is 0 Å². The van der Waals surface area contributed by atoms with Crippen molar-refractivity contribution in [2.24, 2.45) is 0 Å². The summed E-state index contributed by atoms with van der Waals surface area (Å²) in [5.74, 6) is 0.347. The van der Waals surface area contributed by atoms with Crippen molar-refractivity contribution in [3.63, 3.8) is 0 Å². The molecule has 2 rings (SSSR count). The molecule has 2 unspecified atom stereocenters. The van der Waals surface area contributed by atoms with Gasteiger partial charge in [-0.25, -0.2) is 0 Å². The van der Waals surface area contributed by atoms with Crippen LogP contribution in [0.3, 0.4) is 0 Å². The molecule has 0 aliphatic carbocycles. The molecule has 2 nitrogen and oxygen atoms in total. The van der Waals surface area contributed by atoms with Gasteiger partial charge in [0.05, 0.1) is 5.60 Å². The van der Waals surface area contributed by atoms with Crippen molar-refractivity contribution < 1.29 is 10.2 Å². The minimum atomic E-state index is -0.864. The molecule has 2 aromatic carbocycles. The molecule has 0 fully saturated rings. The molecule has 0 spiro atoms. The van der Waals surface area contributed by atoms with Crippen LogP contribution >= 0.6 is 8.58 Å². The summed E-state index contributed by atoms with van der Waals surface area (Å²) in [5.41, 5.74) is 1.07. The Labute approximate surface area is 135 Å². The first-order valence-electron chi connectivity index (χ1n) is 7.66. The van der Waals surface area contributed by atoms with E-state index in [2.05, 4.69) is 19.9 Å². The Balaban J connectivity index is 2.46. The van der Waals surface area contributed by atoms with Crippen LogP contribution in [0.4, 0.5) is 0 Å². The minimum absolute atomic E-state index is 0.146. The van der Waals surface area contributed by atoms with Crippen LogP contribution in [-0.2, 0) is 10.8 Å². The molecule has 3 heteroatoms. The number of aromatic hydroxyl groups is 1. The molecule has 0 amide bonds. The molecular formula is C19H25O2P. The average Bonchev–Trinajstić information content (AvgIpc) is 2.47. The first kappa shape index (κ1) is 17.0. The molecule has 22 heavy (non-hydrogen) atoms. The first-order valence-corrected chi connectivity index (χ1v) is 8.66. The van der Waals surface area contributed by atoms with E-state index in [9.17, 15) is 10.2 Å². The zero-order valence-corrected chi connectivity index (χ0v) is 14.7. The van der Waals surface area contributed by atoms with Gasteiger partial charge in [-0.05, 0) is 37.2 Å². The van der Waals surface area contributed by atoms with E-state index in [-0.39, 0.29) is 5.16 Å². The fraction of sp³-hybridized carbons (Fsp3) is 0.368. The Bertz CT molecular complexity index is 646. The number of hydrogen-bond donors (Lipinski definition) is 2. The smallest absolute Gasteiger partial charge is 0.119 e. The summed E-state index contributed by atoms with van der Waals surface area (Å²) in [6, 6.07) is 15.6. The molecule has 0 bridgehead atoms. The SMILES string of the molecule is CCC(C)(Pc1ccccc1C(C)(C)O)c1ccccc1O. The van der Waals surface area contributed by atoms with Crippen molar-refractivity contribution >= 4 is 13.9 Å². The third kappa shape index (κ3) is 3.51. The predicted octanol–water partition coefficient (Wildman–Crippen LogP) is 4.25. The Morgan fingerprint density at radius 2 is 1.45 bits per heavy atom. The van der Waals surface area contributed by atoms with Crippen molar-refractivity contribution in [1.29, 1.82) is 0 Å². The van der Waals surface area contributed by atoms with E-state index in [0.29, 0.717) is 14.3 Å². The topological polar surface area (TPSA) is 40.5 Å². The molecule has 0 heterocycles. The van der Waals surface area contributed by atoms with Gasteiger partial charge in [-0.2, -0.15) is 0 Å². The molecule has 0 aromatic heterocycles. The highest BCUT2D eigenvalue weighted by molar-refractivity contribution is 7.48. The lowest BCUT2D eigenvalue weighted by atomic mass is 9.96. The molecule has 2 N–H and O–H groups in total. The van der Waals surface area contributed by atoms with Crippen LogP contribution in [0.1, 0.15) is 45.2 Å². The second kappa shape index (κ2) is 6.40. The van der Waals surface area contributed by atoms with Crippen LogP contribution in [0.2, 0.25) is 0 Å². The first-order chi connectivity index (χ1) is 10.3. The van der Waals surface area contributed by atoms with Crippen LogP contribution in [0, 0.1) is 0 Å². The van der Waals surface area contributed by atoms with Gasteiger partial charge in [0.25, 0.3) is 0 Å². The number of aliphatic hydroxyl groups is 1. The molecule has 0 aliphatic rings. The third-order valence-electron chi connectivity index (χ3n) is 4.20. The lowest BCUT2D eigenvalue weighted by molar-refractivity contribution is 0.0797. The molecule has 0 radical (unpaired) electrons. The van der Waals surface area contributed by atoms with Gasteiger partial charge in [-0.3, -0.25) is 0 Å². The standard InChI is InChI=1S/C19H25O2P/c1-5-19(4,14-10-6-8-12-16(14)20)22-17-13-9-7-11-15(17)18(2,3)21/h6-13,20-22H,5H2,1-4H3. The Morgan fingerprint density at radius 3 is 2.00 bits per heavy atom. The lowest BCUT2D eigenvalue weighted by Crippen LogP contribution is -2.26. The summed E-state index contributed by atoms with van der Waals surface area (Å²) >= 11 is 0. The van der Waals surface area contributed by atoms with Crippen molar-refractivity contribution in [1.82, 2.24) is 0 Å². The fourth-order valence-corrected chi connectivity index (χ4v) is 4.53. The zero-order valence-electron chi connectivity index (χ0n) is 13.7. The van der Waals surface area contributed by atoms with Crippen LogP contribution in [0.5, 0.6) is 5.75 Å². The van der Waals surface area contributed by atoms with Crippen LogP contribution < -0.4 is 5.30 Å². The highest BCUT2D eigenvalue weighted by Crippen LogP contribution is 2.47. The van der Waals surface area contributed by atoms with E-state index in [0.717, 1.165) is 22.9 Å². The van der Waals surface area contributed by atoms with Crippen molar-refractivity contribution in [3.05, 3.63) is 59.7 Å². The maximum Gasteiger partial charge on any atom is 0.119 e. The number of phenols is 1. The van der Waals surface area contributed by atoms with Crippen LogP contribution in [0.15, 0.2) is 48.5 Å². The van der Waals surface area contributed by atoms with Crippen LogP contribution in [-0.4, -0.2) is 10.2 Å². The third-order valence-corrected chi connectivity index (χ3v) is 6.08. The number of para-hydroxylation sites is 1. The zero-order chi connectivity index (χ0) is 16.4. The van der Waals surface area contributed by atoms with Gasteiger partial charge in [0.1, 0.15) is 5.75 Å². The van der Waals surface area contributed by atoms with E-state index in [1.807, 2.05) is 50.2 Å². The monoisotopic (exact) mass is 316 g/mol. The van der Waals surface area contributed by atoms with Gasteiger partial charge < -0.3 is 10.2 Å². The molecular weight excluding hydrogens is 291 g/mol. The number of benzene rings is 2. The molecule has 2 atom stereocenters. The van der Waals surface area contributed by atoms with Gasteiger partial charge >= 0.3 is 0 Å². The average molecular weight is 316 g/mol. The van der Waals surface area contributed by atoms with Gasteiger partial charge in [0, 0.05) is 10.7 Å². The molecule has 0 saturated carbocycles. The maximum atomic E-state index is 10.4. The predicted molar refractivity (Wildman–Crippen MR) is 95.4 cm³/mol. The molecule has 0 saturated heterocycles.